The molecule has 0 aromatic heterocycles. The number of carbonyl (C=O) groups excluding carboxylic acids is 1. The summed E-state index contributed by atoms with van der Waals surface area (Å²) in [6.07, 6.45) is 1.69. The molecule has 1 atom stereocenters. The summed E-state index contributed by atoms with van der Waals surface area (Å²) in [6.45, 7) is 0. The minimum Gasteiger partial charge on any atom is -0.298 e. The van der Waals surface area contributed by atoms with Gasteiger partial charge in [0, 0.05) is 16.5 Å². The van der Waals surface area contributed by atoms with Gasteiger partial charge < -0.3 is 0 Å². The van der Waals surface area contributed by atoms with Crippen LogP contribution in [-0.2, 0) is 0 Å². The first kappa shape index (κ1) is 16.7. The minimum atomic E-state index is 0.116. The van der Waals surface area contributed by atoms with E-state index in [-0.39, 0.29) is 6.04 Å². The average molecular weight is 405 g/mol. The van der Waals surface area contributed by atoms with Gasteiger partial charge in [0.05, 0.1) is 17.4 Å². The third-order valence-electron chi connectivity index (χ3n) is 4.54. The fourth-order valence-electron chi connectivity index (χ4n) is 3.23. The van der Waals surface area contributed by atoms with Crippen molar-refractivity contribution in [2.45, 2.75) is 12.5 Å². The van der Waals surface area contributed by atoms with Crippen LogP contribution >= 0.6 is 15.9 Å². The van der Waals surface area contributed by atoms with Crippen LogP contribution in [0.2, 0.25) is 0 Å². The van der Waals surface area contributed by atoms with Crippen LogP contribution in [0.5, 0.6) is 0 Å². The topological polar surface area (TPSA) is 32.7 Å². The minimum absolute atomic E-state index is 0.116. The van der Waals surface area contributed by atoms with Crippen LogP contribution in [0, 0.1) is 0 Å². The Bertz CT molecular complexity index is 951. The molecule has 128 valence electrons. The number of rotatable bonds is 4. The molecule has 3 aromatic carbocycles. The highest BCUT2D eigenvalue weighted by Crippen LogP contribution is 2.37. The molecule has 0 fully saturated rings. The van der Waals surface area contributed by atoms with E-state index in [0.717, 1.165) is 34.1 Å². The number of halogens is 1. The second-order valence-electron chi connectivity index (χ2n) is 6.24. The molecule has 1 heterocycles. The Labute approximate surface area is 161 Å². The van der Waals surface area contributed by atoms with Crippen molar-refractivity contribution >= 4 is 33.6 Å². The van der Waals surface area contributed by atoms with Crippen LogP contribution < -0.4 is 5.01 Å². The maximum atomic E-state index is 11.0. The molecule has 0 aliphatic carbocycles. The number of anilines is 1. The van der Waals surface area contributed by atoms with Gasteiger partial charge in [-0.15, -0.1) is 0 Å². The quantitative estimate of drug-likeness (QED) is 0.528. The van der Waals surface area contributed by atoms with Crippen molar-refractivity contribution in [1.29, 1.82) is 0 Å². The molecule has 0 N–H and O–H groups in total. The summed E-state index contributed by atoms with van der Waals surface area (Å²) in [7, 11) is 0. The van der Waals surface area contributed by atoms with Crippen LogP contribution in [0.25, 0.3) is 0 Å². The highest BCUT2D eigenvalue weighted by molar-refractivity contribution is 9.10. The lowest BCUT2D eigenvalue weighted by Crippen LogP contribution is -2.18. The van der Waals surface area contributed by atoms with Crippen molar-refractivity contribution in [3.05, 3.63) is 100 Å². The smallest absolute Gasteiger partial charge is 0.150 e. The monoisotopic (exact) mass is 404 g/mol. The van der Waals surface area contributed by atoms with Crippen LogP contribution in [0.3, 0.4) is 0 Å². The molecule has 1 aliphatic rings. The largest absolute Gasteiger partial charge is 0.298 e. The van der Waals surface area contributed by atoms with Gasteiger partial charge in [-0.1, -0.05) is 58.4 Å². The zero-order valence-corrected chi connectivity index (χ0v) is 15.6. The third kappa shape index (κ3) is 3.33. The number of hydrazone groups is 1. The lowest BCUT2D eigenvalue weighted by Gasteiger charge is -2.24. The Morgan fingerprint density at radius 1 is 0.962 bits per heavy atom. The van der Waals surface area contributed by atoms with Gasteiger partial charge in [0.2, 0.25) is 0 Å². The molecule has 26 heavy (non-hydrogen) atoms. The Hall–Kier alpha value is -2.72. The summed E-state index contributed by atoms with van der Waals surface area (Å²) < 4.78 is 1.06. The van der Waals surface area contributed by atoms with Crippen molar-refractivity contribution in [2.24, 2.45) is 5.10 Å². The summed E-state index contributed by atoms with van der Waals surface area (Å²) in [5.41, 5.74) is 5.05. The number of benzene rings is 3. The third-order valence-corrected chi connectivity index (χ3v) is 5.04. The second kappa shape index (κ2) is 7.26. The maximum absolute atomic E-state index is 11.0. The van der Waals surface area contributed by atoms with Gasteiger partial charge in [-0.3, -0.25) is 9.80 Å². The number of aldehydes is 1. The average Bonchev–Trinajstić information content (AvgIpc) is 3.14. The fraction of sp³-hybridized carbons (Fsp3) is 0.0909. The molecule has 4 heteroatoms. The van der Waals surface area contributed by atoms with E-state index in [1.807, 2.05) is 54.6 Å². The van der Waals surface area contributed by atoms with Crippen molar-refractivity contribution in [2.75, 3.05) is 5.01 Å². The standard InChI is InChI=1S/C22H17BrN2O/c23-19-8-4-7-18(13-19)22-14-21(17-5-2-1-3-6-17)24-25(22)20-11-9-16(15-26)10-12-20/h1-13,15,22H,14H2. The molecule has 3 aromatic rings. The summed E-state index contributed by atoms with van der Waals surface area (Å²) in [6, 6.07) is 26.3. The highest BCUT2D eigenvalue weighted by Gasteiger charge is 2.29. The molecular formula is C22H17BrN2O. The Morgan fingerprint density at radius 3 is 2.42 bits per heavy atom. The molecule has 0 saturated carbocycles. The van der Waals surface area contributed by atoms with E-state index in [4.69, 9.17) is 5.10 Å². The van der Waals surface area contributed by atoms with Crippen molar-refractivity contribution in [3.8, 4) is 0 Å². The van der Waals surface area contributed by atoms with E-state index in [9.17, 15) is 4.79 Å². The summed E-state index contributed by atoms with van der Waals surface area (Å²) in [4.78, 5) is 11.0. The van der Waals surface area contributed by atoms with Gasteiger partial charge in [-0.05, 0) is 47.5 Å². The van der Waals surface area contributed by atoms with E-state index < -0.39 is 0 Å². The van der Waals surface area contributed by atoms with E-state index in [0.29, 0.717) is 5.56 Å². The van der Waals surface area contributed by atoms with E-state index in [2.05, 4.69) is 45.2 Å². The van der Waals surface area contributed by atoms with Gasteiger partial charge in [-0.25, -0.2) is 0 Å². The maximum Gasteiger partial charge on any atom is 0.150 e. The molecule has 1 unspecified atom stereocenters. The van der Waals surface area contributed by atoms with E-state index in [1.165, 1.54) is 5.56 Å². The fourth-order valence-corrected chi connectivity index (χ4v) is 3.65. The Balaban J connectivity index is 1.75. The highest BCUT2D eigenvalue weighted by atomic mass is 79.9. The van der Waals surface area contributed by atoms with Crippen LogP contribution in [0.15, 0.2) is 88.4 Å². The lowest BCUT2D eigenvalue weighted by atomic mass is 9.98. The summed E-state index contributed by atoms with van der Waals surface area (Å²) >= 11 is 3.57. The molecular weight excluding hydrogens is 388 g/mol. The zero-order chi connectivity index (χ0) is 17.9. The Morgan fingerprint density at radius 2 is 1.73 bits per heavy atom. The van der Waals surface area contributed by atoms with E-state index in [1.54, 1.807) is 0 Å². The second-order valence-corrected chi connectivity index (χ2v) is 7.16. The van der Waals surface area contributed by atoms with E-state index >= 15 is 0 Å². The first-order valence-electron chi connectivity index (χ1n) is 8.47. The van der Waals surface area contributed by atoms with Gasteiger partial charge in [0.25, 0.3) is 0 Å². The molecule has 3 nitrogen and oxygen atoms in total. The number of nitrogens with zero attached hydrogens (tertiary/aromatic N) is 2. The molecule has 0 bridgehead atoms. The first-order chi connectivity index (χ1) is 12.7. The molecule has 0 amide bonds. The molecule has 4 rings (SSSR count). The number of hydrogen-bond acceptors (Lipinski definition) is 3. The summed E-state index contributed by atoms with van der Waals surface area (Å²) in [5, 5.41) is 6.97. The van der Waals surface area contributed by atoms with Crippen LogP contribution in [0.1, 0.15) is 33.9 Å². The number of carbonyl (C=O) groups is 1. The van der Waals surface area contributed by atoms with Gasteiger partial charge in [-0.2, -0.15) is 5.10 Å². The molecule has 0 saturated heterocycles. The zero-order valence-electron chi connectivity index (χ0n) is 14.0. The Kier molecular flexibility index (Phi) is 4.67. The predicted molar refractivity (Wildman–Crippen MR) is 109 cm³/mol. The summed E-state index contributed by atoms with van der Waals surface area (Å²) in [5.74, 6) is 0. The van der Waals surface area contributed by atoms with Gasteiger partial charge >= 0.3 is 0 Å². The van der Waals surface area contributed by atoms with Crippen LogP contribution in [0.4, 0.5) is 5.69 Å². The van der Waals surface area contributed by atoms with Crippen molar-refractivity contribution in [1.82, 2.24) is 0 Å². The van der Waals surface area contributed by atoms with Gasteiger partial charge in [0.1, 0.15) is 6.29 Å². The predicted octanol–water partition coefficient (Wildman–Crippen LogP) is 5.62. The molecule has 0 radical (unpaired) electrons. The normalized spacial score (nSPS) is 16.4. The first-order valence-corrected chi connectivity index (χ1v) is 9.27. The van der Waals surface area contributed by atoms with Crippen molar-refractivity contribution in [3.63, 3.8) is 0 Å². The lowest BCUT2D eigenvalue weighted by molar-refractivity contribution is 0.112. The van der Waals surface area contributed by atoms with Gasteiger partial charge in [0.15, 0.2) is 0 Å². The van der Waals surface area contributed by atoms with Crippen LogP contribution in [-0.4, -0.2) is 12.0 Å². The van der Waals surface area contributed by atoms with Crippen molar-refractivity contribution < 1.29 is 4.79 Å². The molecule has 1 aliphatic heterocycles. The number of hydrogen-bond donors (Lipinski definition) is 0. The SMILES string of the molecule is O=Cc1ccc(N2N=C(c3ccccc3)CC2c2cccc(Br)c2)cc1. The molecule has 0 spiro atoms.